The van der Waals surface area contributed by atoms with Crippen molar-refractivity contribution >= 4 is 94.2 Å². The Kier molecular flexibility index (Phi) is 9.39. The number of carbonyl (C=O) groups excluding carboxylic acids is 4. The maximum Gasteiger partial charge on any atom is 0.252 e. The second-order valence-corrected chi connectivity index (χ2v) is 9.78. The van der Waals surface area contributed by atoms with Gasteiger partial charge in [-0.05, 0) is 24.3 Å². The second kappa shape index (κ2) is 10.6. The first-order valence-electron chi connectivity index (χ1n) is 7.14. The van der Waals surface area contributed by atoms with E-state index in [1.807, 2.05) is 0 Å². The zero-order valence-electron chi connectivity index (χ0n) is 13.5. The number of benzene rings is 1. The van der Waals surface area contributed by atoms with Gasteiger partial charge in [0.05, 0.1) is 0 Å². The molecule has 0 saturated heterocycles. The summed E-state index contributed by atoms with van der Waals surface area (Å²) in [5.74, 6) is -1.36. The predicted molar refractivity (Wildman–Crippen MR) is 108 cm³/mol. The Morgan fingerprint density at radius 2 is 1.00 bits per heavy atom. The average molecular weight is 513 g/mol. The highest BCUT2D eigenvalue weighted by Gasteiger charge is 2.35. The number of halogens is 6. The smallest absolute Gasteiger partial charge is 0.252 e. The zero-order chi connectivity index (χ0) is 21.5. The van der Waals surface area contributed by atoms with Gasteiger partial charge in [-0.3, -0.25) is 19.2 Å². The van der Waals surface area contributed by atoms with E-state index < -0.39 is 31.7 Å². The Morgan fingerprint density at radius 1 is 0.714 bits per heavy atom. The number of alkyl halides is 6. The van der Waals surface area contributed by atoms with E-state index in [0.29, 0.717) is 0 Å². The highest BCUT2D eigenvalue weighted by atomic mass is 35.6. The third kappa shape index (κ3) is 7.69. The molecule has 0 fully saturated rings. The fourth-order valence-corrected chi connectivity index (χ4v) is 2.48. The molecule has 1 aromatic carbocycles. The first-order chi connectivity index (χ1) is 12.9. The summed E-state index contributed by atoms with van der Waals surface area (Å²) >= 11 is 34.0. The van der Waals surface area contributed by atoms with Gasteiger partial charge in [-0.1, -0.05) is 69.6 Å². The number of hydrogen-bond donors (Lipinski definition) is 4. The van der Waals surface area contributed by atoms with Gasteiger partial charge >= 0.3 is 0 Å². The molecule has 8 nitrogen and oxygen atoms in total. The molecular weight excluding hydrogens is 501 g/mol. The van der Waals surface area contributed by atoms with Crippen LogP contribution in [0.15, 0.2) is 24.3 Å². The van der Waals surface area contributed by atoms with Gasteiger partial charge in [0.1, 0.15) is 12.3 Å². The van der Waals surface area contributed by atoms with Crippen LogP contribution in [-0.4, -0.2) is 44.6 Å². The van der Waals surface area contributed by atoms with Crippen LogP contribution in [-0.2, 0) is 9.59 Å². The molecular formula is C14H12Cl6N4O4. The topological polar surface area (TPSA) is 116 Å². The van der Waals surface area contributed by atoms with Gasteiger partial charge in [-0.25, -0.2) is 0 Å². The minimum absolute atomic E-state index is 0.104. The summed E-state index contributed by atoms with van der Waals surface area (Å²) in [6.07, 6.45) is -2.06. The molecule has 14 heteroatoms. The van der Waals surface area contributed by atoms with E-state index in [1.54, 1.807) is 0 Å². The second-order valence-electron chi connectivity index (χ2n) is 5.04. The molecule has 0 saturated carbocycles. The Hall–Kier alpha value is -1.16. The van der Waals surface area contributed by atoms with Gasteiger partial charge in [0.25, 0.3) is 11.8 Å². The maximum atomic E-state index is 12.2. The minimum Gasteiger partial charge on any atom is -0.335 e. The largest absolute Gasteiger partial charge is 0.335 e. The molecule has 0 aliphatic heterocycles. The SMILES string of the molecule is O=CNC(NC(=O)c1ccc(C(=O)NC(NC=O)C(Cl)(Cl)Cl)cc1)C(Cl)(Cl)Cl. The molecule has 0 bridgehead atoms. The first-order valence-corrected chi connectivity index (χ1v) is 9.41. The van der Waals surface area contributed by atoms with E-state index in [-0.39, 0.29) is 23.9 Å². The van der Waals surface area contributed by atoms with Crippen molar-refractivity contribution in [2.75, 3.05) is 0 Å². The normalized spacial score (nSPS) is 13.6. The van der Waals surface area contributed by atoms with E-state index in [1.165, 1.54) is 24.3 Å². The molecule has 2 atom stereocenters. The van der Waals surface area contributed by atoms with Crippen molar-refractivity contribution in [1.82, 2.24) is 21.3 Å². The number of rotatable bonds is 8. The van der Waals surface area contributed by atoms with Crippen LogP contribution < -0.4 is 21.3 Å². The van der Waals surface area contributed by atoms with E-state index in [2.05, 4.69) is 21.3 Å². The molecule has 0 spiro atoms. The molecule has 0 aliphatic carbocycles. The number of hydrogen-bond acceptors (Lipinski definition) is 4. The Balaban J connectivity index is 2.87. The third-order valence-electron chi connectivity index (χ3n) is 3.08. The van der Waals surface area contributed by atoms with Crippen molar-refractivity contribution in [2.45, 2.75) is 19.9 Å². The van der Waals surface area contributed by atoms with Crippen LogP contribution in [0.3, 0.4) is 0 Å². The molecule has 0 radical (unpaired) electrons. The van der Waals surface area contributed by atoms with E-state index in [9.17, 15) is 19.2 Å². The maximum absolute atomic E-state index is 12.2. The molecule has 1 aromatic rings. The lowest BCUT2D eigenvalue weighted by Gasteiger charge is -2.25. The van der Waals surface area contributed by atoms with Crippen molar-refractivity contribution in [2.24, 2.45) is 0 Å². The van der Waals surface area contributed by atoms with Crippen molar-refractivity contribution < 1.29 is 19.2 Å². The highest BCUT2D eigenvalue weighted by Crippen LogP contribution is 2.29. The van der Waals surface area contributed by atoms with Crippen LogP contribution in [0.4, 0.5) is 0 Å². The summed E-state index contributed by atoms with van der Waals surface area (Å²) in [6.45, 7) is 0. The summed E-state index contributed by atoms with van der Waals surface area (Å²) < 4.78 is -3.98. The van der Waals surface area contributed by atoms with Crippen LogP contribution in [0, 0.1) is 0 Å². The number of carbonyl (C=O) groups is 4. The Bertz CT molecular complexity index is 659. The molecule has 1 rings (SSSR count). The van der Waals surface area contributed by atoms with Gasteiger partial charge < -0.3 is 21.3 Å². The standard InChI is InChI=1S/C14H12Cl6N4O4/c15-13(16,17)11(21-5-25)23-9(27)7-1-2-8(4-3-7)10(28)24-12(22-6-26)14(18,19)20/h1-6,11-12H,(H,21,25)(H,22,26)(H,23,27)(H,24,28). The molecule has 28 heavy (non-hydrogen) atoms. The molecule has 0 heterocycles. The van der Waals surface area contributed by atoms with Crippen LogP contribution in [0.25, 0.3) is 0 Å². The van der Waals surface area contributed by atoms with Crippen LogP contribution in [0.2, 0.25) is 0 Å². The average Bonchev–Trinajstić information content (AvgIpc) is 2.59. The lowest BCUT2D eigenvalue weighted by Crippen LogP contribution is -2.53. The third-order valence-corrected chi connectivity index (χ3v) is 4.39. The summed E-state index contributed by atoms with van der Waals surface area (Å²) in [6, 6.07) is 5.21. The molecule has 2 unspecified atom stereocenters. The Morgan fingerprint density at radius 3 is 1.21 bits per heavy atom. The summed E-state index contributed by atoms with van der Waals surface area (Å²) in [4.78, 5) is 45.5. The van der Waals surface area contributed by atoms with Crippen molar-refractivity contribution in [3.8, 4) is 0 Å². The predicted octanol–water partition coefficient (Wildman–Crippen LogP) is 2.03. The van der Waals surface area contributed by atoms with Gasteiger partial charge in [0.15, 0.2) is 0 Å². The highest BCUT2D eigenvalue weighted by molar-refractivity contribution is 6.68. The van der Waals surface area contributed by atoms with Crippen LogP contribution in [0.5, 0.6) is 0 Å². The first kappa shape index (κ1) is 24.9. The van der Waals surface area contributed by atoms with Crippen LogP contribution >= 0.6 is 69.6 Å². The molecule has 154 valence electrons. The van der Waals surface area contributed by atoms with Gasteiger partial charge in [0, 0.05) is 11.1 Å². The Labute approximate surface area is 189 Å². The van der Waals surface area contributed by atoms with Crippen molar-refractivity contribution in [3.63, 3.8) is 0 Å². The summed E-state index contributed by atoms with van der Waals surface area (Å²) in [7, 11) is 0. The molecule has 0 aromatic heterocycles. The van der Waals surface area contributed by atoms with E-state index in [4.69, 9.17) is 69.6 Å². The lowest BCUT2D eigenvalue weighted by molar-refractivity contribution is -0.111. The van der Waals surface area contributed by atoms with Crippen molar-refractivity contribution in [1.29, 1.82) is 0 Å². The summed E-state index contributed by atoms with van der Waals surface area (Å²) in [5.41, 5.74) is 0.208. The monoisotopic (exact) mass is 510 g/mol. The van der Waals surface area contributed by atoms with Gasteiger partial charge in [-0.15, -0.1) is 0 Å². The lowest BCUT2D eigenvalue weighted by atomic mass is 10.1. The quantitative estimate of drug-likeness (QED) is 0.242. The summed E-state index contributed by atoms with van der Waals surface area (Å²) in [5, 5.41) is 8.94. The zero-order valence-corrected chi connectivity index (χ0v) is 18.1. The van der Waals surface area contributed by atoms with Crippen LogP contribution in [0.1, 0.15) is 20.7 Å². The molecule has 4 amide bonds. The van der Waals surface area contributed by atoms with E-state index >= 15 is 0 Å². The van der Waals surface area contributed by atoms with Crippen molar-refractivity contribution in [3.05, 3.63) is 35.4 Å². The van der Waals surface area contributed by atoms with Gasteiger partial charge in [-0.2, -0.15) is 0 Å². The number of nitrogens with one attached hydrogen (secondary N) is 4. The fraction of sp³-hybridized carbons (Fsp3) is 0.286. The minimum atomic E-state index is -1.99. The fourth-order valence-electron chi connectivity index (χ4n) is 1.77. The molecule has 4 N–H and O–H groups in total. The molecule has 0 aliphatic rings. The number of amides is 4. The van der Waals surface area contributed by atoms with Gasteiger partial charge in [0.2, 0.25) is 20.4 Å². The van der Waals surface area contributed by atoms with E-state index in [0.717, 1.165) is 0 Å².